The number of ether oxygens (including phenoxy) is 2. The number of sulfonamides is 1. The Hall–Kier alpha value is -2.48. The van der Waals surface area contributed by atoms with Crippen molar-refractivity contribution < 1.29 is 17.9 Å². The molecular formula is C19H25N3O4S. The first kappa shape index (κ1) is 19.3. The van der Waals surface area contributed by atoms with Crippen LogP contribution in [0.4, 0.5) is 11.5 Å². The maximum absolute atomic E-state index is 12.8. The zero-order chi connectivity index (χ0) is 19.3. The predicted octanol–water partition coefficient (Wildman–Crippen LogP) is 3.64. The van der Waals surface area contributed by atoms with E-state index in [2.05, 4.69) is 15.0 Å². The van der Waals surface area contributed by atoms with Gasteiger partial charge in [-0.1, -0.05) is 19.3 Å². The summed E-state index contributed by atoms with van der Waals surface area (Å²) >= 11 is 0. The van der Waals surface area contributed by atoms with Crippen LogP contribution in [0.25, 0.3) is 0 Å². The lowest BCUT2D eigenvalue weighted by Gasteiger charge is -2.23. The van der Waals surface area contributed by atoms with Gasteiger partial charge in [0.05, 0.1) is 26.1 Å². The van der Waals surface area contributed by atoms with Gasteiger partial charge in [0.2, 0.25) is 0 Å². The Morgan fingerprint density at radius 1 is 1.04 bits per heavy atom. The fourth-order valence-electron chi connectivity index (χ4n) is 3.20. The van der Waals surface area contributed by atoms with Gasteiger partial charge in [0.15, 0.2) is 0 Å². The average molecular weight is 391 g/mol. The van der Waals surface area contributed by atoms with Crippen molar-refractivity contribution >= 4 is 21.5 Å². The van der Waals surface area contributed by atoms with Crippen LogP contribution in [0, 0.1) is 0 Å². The fraction of sp³-hybridized carbons (Fsp3) is 0.421. The second-order valence-corrected chi connectivity index (χ2v) is 8.18. The topological polar surface area (TPSA) is 89.5 Å². The van der Waals surface area contributed by atoms with Gasteiger partial charge in [-0.05, 0) is 37.1 Å². The van der Waals surface area contributed by atoms with Gasteiger partial charge >= 0.3 is 0 Å². The lowest BCUT2D eigenvalue weighted by atomic mass is 9.95. The molecule has 0 saturated heterocycles. The number of methoxy groups -OCH3 is 2. The van der Waals surface area contributed by atoms with E-state index in [1.165, 1.54) is 45.7 Å². The third kappa shape index (κ3) is 4.82. The van der Waals surface area contributed by atoms with Crippen molar-refractivity contribution in [1.29, 1.82) is 0 Å². The molecule has 0 aliphatic heterocycles. The largest absolute Gasteiger partial charge is 0.497 e. The summed E-state index contributed by atoms with van der Waals surface area (Å²) in [5.74, 6) is 1.43. The van der Waals surface area contributed by atoms with Crippen molar-refractivity contribution in [3.63, 3.8) is 0 Å². The number of aromatic nitrogens is 1. The van der Waals surface area contributed by atoms with Crippen LogP contribution in [0.5, 0.6) is 11.5 Å². The Morgan fingerprint density at radius 2 is 1.81 bits per heavy atom. The van der Waals surface area contributed by atoms with Gasteiger partial charge in [0.1, 0.15) is 22.2 Å². The van der Waals surface area contributed by atoms with Gasteiger partial charge in [-0.15, -0.1) is 0 Å². The van der Waals surface area contributed by atoms with Crippen molar-refractivity contribution in [2.45, 2.75) is 43.0 Å². The highest BCUT2D eigenvalue weighted by atomic mass is 32.2. The van der Waals surface area contributed by atoms with E-state index in [9.17, 15) is 8.42 Å². The Labute approximate surface area is 160 Å². The summed E-state index contributed by atoms with van der Waals surface area (Å²) in [5, 5.41) is 3.41. The van der Waals surface area contributed by atoms with E-state index >= 15 is 0 Å². The number of rotatable bonds is 7. The molecule has 3 rings (SSSR count). The minimum Gasteiger partial charge on any atom is -0.497 e. The molecule has 1 saturated carbocycles. The van der Waals surface area contributed by atoms with E-state index < -0.39 is 10.0 Å². The van der Waals surface area contributed by atoms with Gasteiger partial charge in [-0.2, -0.15) is 0 Å². The zero-order valence-electron chi connectivity index (χ0n) is 15.6. The summed E-state index contributed by atoms with van der Waals surface area (Å²) in [6, 6.07) is 8.55. The van der Waals surface area contributed by atoms with E-state index in [0.29, 0.717) is 17.5 Å². The van der Waals surface area contributed by atoms with Crippen LogP contribution in [0.15, 0.2) is 41.4 Å². The Kier molecular flexibility index (Phi) is 6.05. The summed E-state index contributed by atoms with van der Waals surface area (Å²) < 4.78 is 38.4. The molecule has 8 heteroatoms. The number of nitrogens with one attached hydrogen (secondary N) is 2. The number of benzene rings is 1. The Bertz CT molecular complexity index is 863. The molecule has 0 radical (unpaired) electrons. The fourth-order valence-corrected chi connectivity index (χ4v) is 4.43. The van der Waals surface area contributed by atoms with E-state index in [4.69, 9.17) is 9.47 Å². The summed E-state index contributed by atoms with van der Waals surface area (Å²) in [6.45, 7) is 0. The zero-order valence-corrected chi connectivity index (χ0v) is 16.4. The number of nitrogens with zero attached hydrogens (tertiary/aromatic N) is 1. The average Bonchev–Trinajstić information content (AvgIpc) is 2.69. The molecule has 0 spiro atoms. The molecule has 1 heterocycles. The molecule has 0 atom stereocenters. The SMILES string of the molecule is COc1ccc(OC)c(S(=O)(=O)Nc2ccc(NC3CCCCC3)nc2)c1. The molecule has 0 bridgehead atoms. The molecule has 7 nitrogen and oxygen atoms in total. The Morgan fingerprint density at radius 3 is 2.44 bits per heavy atom. The molecule has 1 aliphatic carbocycles. The highest BCUT2D eigenvalue weighted by Gasteiger charge is 2.21. The van der Waals surface area contributed by atoms with Crippen LogP contribution in [-0.2, 0) is 10.0 Å². The second-order valence-electron chi connectivity index (χ2n) is 6.53. The number of hydrogen-bond donors (Lipinski definition) is 2. The van der Waals surface area contributed by atoms with Crippen LogP contribution in [-0.4, -0.2) is 33.7 Å². The normalized spacial score (nSPS) is 15.2. The van der Waals surface area contributed by atoms with Gasteiger partial charge in [0, 0.05) is 12.1 Å². The standard InChI is InChI=1S/C19H25N3O4S/c1-25-16-9-10-17(26-2)18(12-16)27(23,24)22-15-8-11-19(20-13-15)21-14-6-4-3-5-7-14/h8-14,22H,3-7H2,1-2H3,(H,20,21). The maximum atomic E-state index is 12.8. The van der Waals surface area contributed by atoms with E-state index in [-0.39, 0.29) is 10.6 Å². The maximum Gasteiger partial charge on any atom is 0.265 e. The smallest absolute Gasteiger partial charge is 0.265 e. The molecule has 2 aromatic rings. The van der Waals surface area contributed by atoms with Crippen LogP contribution in [0.3, 0.4) is 0 Å². The predicted molar refractivity (Wildman–Crippen MR) is 105 cm³/mol. The lowest BCUT2D eigenvalue weighted by Crippen LogP contribution is -2.22. The van der Waals surface area contributed by atoms with Crippen molar-refractivity contribution in [2.24, 2.45) is 0 Å². The second kappa shape index (κ2) is 8.47. The van der Waals surface area contributed by atoms with Crippen LogP contribution in [0.1, 0.15) is 32.1 Å². The number of hydrogen-bond acceptors (Lipinski definition) is 6. The van der Waals surface area contributed by atoms with Crippen molar-refractivity contribution in [1.82, 2.24) is 4.98 Å². The molecule has 146 valence electrons. The first-order chi connectivity index (χ1) is 13.0. The quantitative estimate of drug-likeness (QED) is 0.749. The highest BCUT2D eigenvalue weighted by molar-refractivity contribution is 7.92. The summed E-state index contributed by atoms with van der Waals surface area (Å²) in [7, 11) is -0.940. The van der Waals surface area contributed by atoms with Crippen LogP contribution in [0.2, 0.25) is 0 Å². The first-order valence-corrected chi connectivity index (χ1v) is 10.5. The third-order valence-corrected chi connectivity index (χ3v) is 6.04. The Balaban J connectivity index is 1.74. The lowest BCUT2D eigenvalue weighted by molar-refractivity contribution is 0.392. The first-order valence-electron chi connectivity index (χ1n) is 8.99. The summed E-state index contributed by atoms with van der Waals surface area (Å²) in [6.07, 6.45) is 7.56. The molecule has 27 heavy (non-hydrogen) atoms. The summed E-state index contributed by atoms with van der Waals surface area (Å²) in [4.78, 5) is 4.34. The van der Waals surface area contributed by atoms with Crippen LogP contribution < -0.4 is 19.5 Å². The highest BCUT2D eigenvalue weighted by Crippen LogP contribution is 2.30. The molecule has 1 aromatic carbocycles. The molecule has 1 aliphatic rings. The molecule has 1 fully saturated rings. The van der Waals surface area contributed by atoms with Gasteiger partial charge in [-0.3, -0.25) is 4.72 Å². The van der Waals surface area contributed by atoms with Crippen molar-refractivity contribution in [3.05, 3.63) is 36.5 Å². The van der Waals surface area contributed by atoms with E-state index in [1.54, 1.807) is 24.3 Å². The minimum atomic E-state index is -3.84. The van der Waals surface area contributed by atoms with E-state index in [0.717, 1.165) is 18.7 Å². The third-order valence-electron chi connectivity index (χ3n) is 4.63. The van der Waals surface area contributed by atoms with Crippen LogP contribution >= 0.6 is 0 Å². The number of pyridine rings is 1. The van der Waals surface area contributed by atoms with E-state index in [1.807, 2.05) is 0 Å². The molecule has 2 N–H and O–H groups in total. The molecular weight excluding hydrogens is 366 g/mol. The molecule has 0 unspecified atom stereocenters. The van der Waals surface area contributed by atoms with Gasteiger partial charge < -0.3 is 14.8 Å². The molecule has 1 aromatic heterocycles. The van der Waals surface area contributed by atoms with Crippen molar-refractivity contribution in [2.75, 3.05) is 24.3 Å². The summed E-state index contributed by atoms with van der Waals surface area (Å²) in [5.41, 5.74) is 0.383. The monoisotopic (exact) mass is 391 g/mol. The number of anilines is 2. The molecule has 0 amide bonds. The van der Waals surface area contributed by atoms with Gasteiger partial charge in [-0.25, -0.2) is 13.4 Å². The van der Waals surface area contributed by atoms with Gasteiger partial charge in [0.25, 0.3) is 10.0 Å². The minimum absolute atomic E-state index is 0.00811. The van der Waals surface area contributed by atoms with Crippen molar-refractivity contribution in [3.8, 4) is 11.5 Å².